The molecule has 0 saturated heterocycles. The number of ether oxygens (including phenoxy) is 1. The van der Waals surface area contributed by atoms with Crippen LogP contribution in [0.5, 0.6) is 5.75 Å². The van der Waals surface area contributed by atoms with Gasteiger partial charge >= 0.3 is 0 Å². The van der Waals surface area contributed by atoms with Gasteiger partial charge in [-0.05, 0) is 54.8 Å². The SMILES string of the molecule is COc1ccc(S(=O)(=O)Nc2ccc3c(c2)N(C(C)=O)CC3)c(C)c1. The van der Waals surface area contributed by atoms with Gasteiger partial charge in [0, 0.05) is 19.2 Å². The number of hydrogen-bond acceptors (Lipinski definition) is 4. The summed E-state index contributed by atoms with van der Waals surface area (Å²) in [6.07, 6.45) is 0.777. The molecule has 0 bridgehead atoms. The summed E-state index contributed by atoms with van der Waals surface area (Å²) in [5, 5.41) is 0. The number of amides is 1. The first-order valence-corrected chi connectivity index (χ1v) is 9.38. The molecular weight excluding hydrogens is 340 g/mol. The number of carbonyl (C=O) groups is 1. The van der Waals surface area contributed by atoms with Gasteiger partial charge in [-0.2, -0.15) is 0 Å². The van der Waals surface area contributed by atoms with Gasteiger partial charge in [0.2, 0.25) is 5.91 Å². The number of aryl methyl sites for hydroxylation is 1. The van der Waals surface area contributed by atoms with Crippen molar-refractivity contribution in [2.45, 2.75) is 25.2 Å². The smallest absolute Gasteiger partial charge is 0.262 e. The third kappa shape index (κ3) is 3.32. The maximum atomic E-state index is 12.7. The molecule has 0 spiro atoms. The van der Waals surface area contributed by atoms with Gasteiger partial charge in [0.05, 0.1) is 17.7 Å². The monoisotopic (exact) mass is 360 g/mol. The van der Waals surface area contributed by atoms with Crippen molar-refractivity contribution in [3.8, 4) is 5.75 Å². The number of fused-ring (bicyclic) bond motifs is 1. The van der Waals surface area contributed by atoms with Crippen molar-refractivity contribution < 1.29 is 17.9 Å². The number of carbonyl (C=O) groups excluding carboxylic acids is 1. The van der Waals surface area contributed by atoms with Crippen LogP contribution in [0.3, 0.4) is 0 Å². The summed E-state index contributed by atoms with van der Waals surface area (Å²) in [5.41, 5.74) is 2.83. The second-order valence-corrected chi connectivity index (χ2v) is 7.65. The van der Waals surface area contributed by atoms with Crippen LogP contribution in [0.4, 0.5) is 11.4 Å². The van der Waals surface area contributed by atoms with E-state index in [-0.39, 0.29) is 10.8 Å². The summed E-state index contributed by atoms with van der Waals surface area (Å²) in [6, 6.07) is 10.1. The lowest BCUT2D eigenvalue weighted by Crippen LogP contribution is -2.25. The van der Waals surface area contributed by atoms with E-state index in [1.807, 2.05) is 6.07 Å². The predicted molar refractivity (Wildman–Crippen MR) is 96.7 cm³/mol. The van der Waals surface area contributed by atoms with Gasteiger partial charge in [-0.3, -0.25) is 9.52 Å². The minimum atomic E-state index is -3.73. The molecule has 1 amide bonds. The normalized spacial score (nSPS) is 13.5. The molecule has 0 saturated carbocycles. The van der Waals surface area contributed by atoms with E-state index in [4.69, 9.17) is 4.74 Å². The van der Waals surface area contributed by atoms with E-state index in [1.54, 1.807) is 36.1 Å². The molecule has 0 fully saturated rings. The maximum Gasteiger partial charge on any atom is 0.262 e. The zero-order chi connectivity index (χ0) is 18.2. The lowest BCUT2D eigenvalue weighted by atomic mass is 10.1. The fourth-order valence-corrected chi connectivity index (χ4v) is 4.31. The van der Waals surface area contributed by atoms with Gasteiger partial charge in [0.1, 0.15) is 5.75 Å². The van der Waals surface area contributed by atoms with Gasteiger partial charge in [0.25, 0.3) is 10.0 Å². The molecule has 0 radical (unpaired) electrons. The minimum absolute atomic E-state index is 0.0512. The second kappa shape index (κ2) is 6.40. The van der Waals surface area contributed by atoms with Crippen molar-refractivity contribution in [2.24, 2.45) is 0 Å². The average Bonchev–Trinajstić information content (AvgIpc) is 2.97. The van der Waals surface area contributed by atoms with Crippen molar-refractivity contribution in [1.29, 1.82) is 0 Å². The highest BCUT2D eigenvalue weighted by Crippen LogP contribution is 2.32. The second-order valence-electron chi connectivity index (χ2n) is 6.00. The Hall–Kier alpha value is -2.54. The van der Waals surface area contributed by atoms with Crippen LogP contribution in [0.1, 0.15) is 18.1 Å². The van der Waals surface area contributed by atoms with Crippen LogP contribution >= 0.6 is 0 Å². The van der Waals surface area contributed by atoms with Crippen LogP contribution in [-0.2, 0) is 21.2 Å². The number of rotatable bonds is 4. The van der Waals surface area contributed by atoms with Gasteiger partial charge < -0.3 is 9.64 Å². The number of methoxy groups -OCH3 is 1. The molecule has 0 atom stereocenters. The van der Waals surface area contributed by atoms with E-state index in [0.717, 1.165) is 17.7 Å². The highest BCUT2D eigenvalue weighted by molar-refractivity contribution is 7.92. The van der Waals surface area contributed by atoms with Gasteiger partial charge in [-0.15, -0.1) is 0 Å². The Kier molecular flexibility index (Phi) is 4.43. The van der Waals surface area contributed by atoms with Crippen molar-refractivity contribution in [1.82, 2.24) is 0 Å². The molecular formula is C18H20N2O4S. The zero-order valence-electron chi connectivity index (χ0n) is 14.4. The third-order valence-corrected chi connectivity index (χ3v) is 5.83. The zero-order valence-corrected chi connectivity index (χ0v) is 15.2. The molecule has 7 heteroatoms. The van der Waals surface area contributed by atoms with E-state index in [0.29, 0.717) is 23.5 Å². The molecule has 1 aliphatic rings. The lowest BCUT2D eigenvalue weighted by molar-refractivity contribution is -0.116. The molecule has 1 aliphatic heterocycles. The lowest BCUT2D eigenvalue weighted by Gasteiger charge is -2.16. The Morgan fingerprint density at radius 2 is 1.96 bits per heavy atom. The highest BCUT2D eigenvalue weighted by Gasteiger charge is 2.24. The summed E-state index contributed by atoms with van der Waals surface area (Å²) in [4.78, 5) is 13.6. The van der Waals surface area contributed by atoms with Gasteiger partial charge in [-0.1, -0.05) is 6.07 Å². The van der Waals surface area contributed by atoms with E-state index >= 15 is 0 Å². The van der Waals surface area contributed by atoms with Gasteiger partial charge in [-0.25, -0.2) is 8.42 Å². The van der Waals surface area contributed by atoms with Crippen LogP contribution in [0, 0.1) is 6.92 Å². The third-order valence-electron chi connectivity index (χ3n) is 4.28. The first-order valence-electron chi connectivity index (χ1n) is 7.90. The highest BCUT2D eigenvalue weighted by atomic mass is 32.2. The van der Waals surface area contributed by atoms with E-state index in [1.165, 1.54) is 20.1 Å². The number of nitrogens with one attached hydrogen (secondary N) is 1. The molecule has 0 aromatic heterocycles. The molecule has 132 valence electrons. The molecule has 1 N–H and O–H groups in total. The van der Waals surface area contributed by atoms with Crippen molar-refractivity contribution in [2.75, 3.05) is 23.3 Å². The molecule has 2 aromatic rings. The summed E-state index contributed by atoms with van der Waals surface area (Å²) in [7, 11) is -2.20. The number of hydrogen-bond donors (Lipinski definition) is 1. The van der Waals surface area contributed by atoms with E-state index in [9.17, 15) is 13.2 Å². The fraction of sp³-hybridized carbons (Fsp3) is 0.278. The summed E-state index contributed by atoms with van der Waals surface area (Å²) < 4.78 is 33.1. The first-order chi connectivity index (χ1) is 11.8. The molecule has 25 heavy (non-hydrogen) atoms. The van der Waals surface area contributed by atoms with Crippen LogP contribution in [-0.4, -0.2) is 28.0 Å². The number of benzene rings is 2. The Bertz CT molecular complexity index is 938. The van der Waals surface area contributed by atoms with Crippen LogP contribution in [0.2, 0.25) is 0 Å². The largest absolute Gasteiger partial charge is 0.497 e. The predicted octanol–water partition coefficient (Wildman–Crippen LogP) is 2.71. The summed E-state index contributed by atoms with van der Waals surface area (Å²) >= 11 is 0. The Labute approximate surface area is 147 Å². The topological polar surface area (TPSA) is 75.7 Å². The number of nitrogens with zero attached hydrogens (tertiary/aromatic N) is 1. The molecule has 3 rings (SSSR count). The first kappa shape index (κ1) is 17.3. The fourth-order valence-electron chi connectivity index (χ4n) is 3.03. The molecule has 2 aromatic carbocycles. The Morgan fingerprint density at radius 3 is 2.60 bits per heavy atom. The average molecular weight is 360 g/mol. The van der Waals surface area contributed by atoms with Gasteiger partial charge in [0.15, 0.2) is 0 Å². The molecule has 1 heterocycles. The van der Waals surface area contributed by atoms with E-state index < -0.39 is 10.0 Å². The van der Waals surface area contributed by atoms with Crippen LogP contribution in [0.25, 0.3) is 0 Å². The minimum Gasteiger partial charge on any atom is -0.497 e. The number of anilines is 2. The molecule has 0 unspecified atom stereocenters. The summed E-state index contributed by atoms with van der Waals surface area (Å²) in [5.74, 6) is 0.552. The number of sulfonamides is 1. The van der Waals surface area contributed by atoms with Crippen molar-refractivity contribution >= 4 is 27.3 Å². The Balaban J connectivity index is 1.92. The molecule has 0 aliphatic carbocycles. The van der Waals surface area contributed by atoms with Crippen molar-refractivity contribution in [3.63, 3.8) is 0 Å². The summed E-state index contributed by atoms with van der Waals surface area (Å²) in [6.45, 7) is 3.85. The van der Waals surface area contributed by atoms with Crippen LogP contribution in [0.15, 0.2) is 41.3 Å². The Morgan fingerprint density at radius 1 is 1.20 bits per heavy atom. The van der Waals surface area contributed by atoms with Crippen molar-refractivity contribution in [3.05, 3.63) is 47.5 Å². The van der Waals surface area contributed by atoms with Crippen LogP contribution < -0.4 is 14.4 Å². The standard InChI is InChI=1S/C18H20N2O4S/c1-12-10-16(24-3)6-7-18(12)25(22,23)19-15-5-4-14-8-9-20(13(2)21)17(14)11-15/h4-7,10-11,19H,8-9H2,1-3H3. The van der Waals surface area contributed by atoms with E-state index in [2.05, 4.69) is 4.72 Å². The molecule has 6 nitrogen and oxygen atoms in total. The quantitative estimate of drug-likeness (QED) is 0.910. The maximum absolute atomic E-state index is 12.7.